The van der Waals surface area contributed by atoms with E-state index in [9.17, 15) is 8.42 Å². The molecule has 1 fully saturated rings. The molecule has 3 N–H and O–H groups in total. The second kappa shape index (κ2) is 7.36. The van der Waals surface area contributed by atoms with Crippen molar-refractivity contribution in [3.05, 3.63) is 11.4 Å². The summed E-state index contributed by atoms with van der Waals surface area (Å²) in [6.07, 6.45) is 0. The second-order valence-electron chi connectivity index (χ2n) is 4.93. The van der Waals surface area contributed by atoms with Crippen molar-refractivity contribution in [2.24, 2.45) is 5.73 Å². The maximum Gasteiger partial charge on any atom is 0.244 e. The van der Waals surface area contributed by atoms with E-state index in [4.69, 9.17) is 5.73 Å². The van der Waals surface area contributed by atoms with E-state index in [0.717, 1.165) is 17.3 Å². The topological polar surface area (TPSA) is 90.0 Å². The monoisotopic (exact) mass is 350 g/mol. The lowest BCUT2D eigenvalue weighted by Crippen LogP contribution is -2.34. The van der Waals surface area contributed by atoms with Gasteiger partial charge in [-0.2, -0.15) is 28.6 Å². The summed E-state index contributed by atoms with van der Waals surface area (Å²) in [5, 5.41) is 4.61. The van der Waals surface area contributed by atoms with Gasteiger partial charge in [0.25, 0.3) is 0 Å². The summed E-state index contributed by atoms with van der Waals surface area (Å²) in [5.74, 6) is 3.24. The third-order valence-electron chi connectivity index (χ3n) is 3.31. The minimum Gasteiger partial charge on any atom is -0.329 e. The van der Waals surface area contributed by atoms with Crippen molar-refractivity contribution in [3.8, 4) is 0 Å². The van der Waals surface area contributed by atoms with Crippen LogP contribution >= 0.6 is 23.5 Å². The fourth-order valence-corrected chi connectivity index (χ4v) is 6.54. The van der Waals surface area contributed by atoms with Crippen LogP contribution in [0.15, 0.2) is 4.90 Å². The molecule has 21 heavy (non-hydrogen) atoms. The smallest absolute Gasteiger partial charge is 0.244 e. The van der Waals surface area contributed by atoms with Crippen LogP contribution < -0.4 is 10.5 Å². The Morgan fingerprint density at radius 2 is 2.19 bits per heavy atom. The number of thioether (sulfide) groups is 2. The van der Waals surface area contributed by atoms with E-state index in [1.54, 1.807) is 18.5 Å². The number of nitrogens with zero attached hydrogens (tertiary/aromatic N) is 2. The van der Waals surface area contributed by atoms with Crippen molar-refractivity contribution in [2.75, 3.05) is 30.3 Å². The van der Waals surface area contributed by atoms with Crippen molar-refractivity contribution in [1.29, 1.82) is 0 Å². The van der Waals surface area contributed by atoms with E-state index < -0.39 is 10.0 Å². The van der Waals surface area contributed by atoms with Gasteiger partial charge in [0.2, 0.25) is 10.0 Å². The first kappa shape index (κ1) is 17.1. The lowest BCUT2D eigenvalue weighted by molar-refractivity contribution is 0.577. The summed E-state index contributed by atoms with van der Waals surface area (Å²) in [6, 6.07) is 0. The van der Waals surface area contributed by atoms with E-state index in [-0.39, 0.29) is 0 Å². The standard InChI is InChI=1S/C12H22N4O2S3/c1-9-12(10(2)16(15-9)4-3-13)21(17,18)14-7-11-8-19-5-6-20-11/h11,14H,3-8,13H2,1-2H3. The lowest BCUT2D eigenvalue weighted by atomic mass is 10.4. The molecule has 0 bridgehead atoms. The minimum atomic E-state index is -3.52. The van der Waals surface area contributed by atoms with Gasteiger partial charge in [0.05, 0.1) is 17.9 Å². The number of rotatable bonds is 6. The van der Waals surface area contributed by atoms with Gasteiger partial charge in [-0.05, 0) is 13.8 Å². The number of aryl methyl sites for hydroxylation is 1. The predicted molar refractivity (Wildman–Crippen MR) is 89.5 cm³/mol. The van der Waals surface area contributed by atoms with Crippen molar-refractivity contribution >= 4 is 33.5 Å². The van der Waals surface area contributed by atoms with E-state index in [1.165, 1.54) is 0 Å². The summed E-state index contributed by atoms with van der Waals surface area (Å²) in [6.45, 7) is 4.93. The Labute approximate surface area is 134 Å². The molecule has 0 amide bonds. The summed E-state index contributed by atoms with van der Waals surface area (Å²) < 4.78 is 29.4. The number of hydrogen-bond donors (Lipinski definition) is 2. The van der Waals surface area contributed by atoms with Crippen LogP contribution in [0.2, 0.25) is 0 Å². The Bertz CT molecular complexity index is 580. The molecule has 1 unspecified atom stereocenters. The molecule has 0 spiro atoms. The van der Waals surface area contributed by atoms with E-state index in [2.05, 4.69) is 9.82 Å². The summed E-state index contributed by atoms with van der Waals surface area (Å²) in [4.78, 5) is 0.296. The first-order valence-corrected chi connectivity index (χ1v) is 10.6. The van der Waals surface area contributed by atoms with E-state index in [0.29, 0.717) is 41.2 Å². The molecule has 0 radical (unpaired) electrons. The fourth-order valence-electron chi connectivity index (χ4n) is 2.34. The molecule has 1 atom stereocenters. The molecule has 1 aromatic heterocycles. The number of nitrogens with one attached hydrogen (secondary N) is 1. The average molecular weight is 351 g/mol. The molecule has 1 aromatic rings. The highest BCUT2D eigenvalue weighted by Crippen LogP contribution is 2.24. The van der Waals surface area contributed by atoms with Crippen LogP contribution in [0.1, 0.15) is 11.4 Å². The zero-order valence-corrected chi connectivity index (χ0v) is 14.8. The fraction of sp³-hybridized carbons (Fsp3) is 0.750. The summed E-state index contributed by atoms with van der Waals surface area (Å²) in [5.41, 5.74) is 6.70. The van der Waals surface area contributed by atoms with Crippen LogP contribution in [0.5, 0.6) is 0 Å². The molecule has 2 heterocycles. The lowest BCUT2D eigenvalue weighted by Gasteiger charge is -2.21. The molecule has 0 aliphatic carbocycles. The Morgan fingerprint density at radius 3 is 2.81 bits per heavy atom. The van der Waals surface area contributed by atoms with Gasteiger partial charge in [0.15, 0.2) is 0 Å². The third kappa shape index (κ3) is 4.16. The number of aromatic nitrogens is 2. The Hall–Kier alpha value is -0.220. The normalized spacial score (nSPS) is 19.9. The average Bonchev–Trinajstić information content (AvgIpc) is 2.73. The molecule has 120 valence electrons. The molecule has 1 aliphatic heterocycles. The number of nitrogens with two attached hydrogens (primary N) is 1. The van der Waals surface area contributed by atoms with Crippen LogP contribution in [0.4, 0.5) is 0 Å². The van der Waals surface area contributed by atoms with Gasteiger partial charge in [-0.15, -0.1) is 0 Å². The molecule has 9 heteroatoms. The van der Waals surface area contributed by atoms with Gasteiger partial charge < -0.3 is 5.73 Å². The quantitative estimate of drug-likeness (QED) is 0.780. The summed E-state index contributed by atoms with van der Waals surface area (Å²) in [7, 11) is -3.52. The van der Waals surface area contributed by atoms with Crippen LogP contribution in [-0.2, 0) is 16.6 Å². The van der Waals surface area contributed by atoms with Gasteiger partial charge >= 0.3 is 0 Å². The largest absolute Gasteiger partial charge is 0.329 e. The van der Waals surface area contributed by atoms with Crippen LogP contribution in [0.25, 0.3) is 0 Å². The Kier molecular flexibility index (Phi) is 6.01. The Morgan fingerprint density at radius 1 is 1.43 bits per heavy atom. The molecule has 2 rings (SSSR count). The van der Waals surface area contributed by atoms with Crippen molar-refractivity contribution in [1.82, 2.24) is 14.5 Å². The van der Waals surface area contributed by atoms with Crippen molar-refractivity contribution in [3.63, 3.8) is 0 Å². The van der Waals surface area contributed by atoms with Crippen molar-refractivity contribution < 1.29 is 8.42 Å². The maximum atomic E-state index is 12.5. The van der Waals surface area contributed by atoms with Gasteiger partial charge in [-0.3, -0.25) is 4.68 Å². The van der Waals surface area contributed by atoms with Gasteiger partial charge in [0, 0.05) is 35.6 Å². The molecule has 0 saturated carbocycles. The molecule has 1 aliphatic rings. The zero-order valence-electron chi connectivity index (χ0n) is 12.3. The van der Waals surface area contributed by atoms with Crippen LogP contribution in [0, 0.1) is 13.8 Å². The van der Waals surface area contributed by atoms with Crippen molar-refractivity contribution in [2.45, 2.75) is 30.5 Å². The molecule has 1 saturated heterocycles. The Balaban J connectivity index is 2.11. The number of sulfonamides is 1. The molecular weight excluding hydrogens is 328 g/mol. The zero-order chi connectivity index (χ0) is 15.5. The van der Waals surface area contributed by atoms with Gasteiger partial charge in [0.1, 0.15) is 4.90 Å². The predicted octanol–water partition coefficient (Wildman–Crippen LogP) is 0.586. The highest BCUT2D eigenvalue weighted by molar-refractivity contribution is 8.06. The minimum absolute atomic E-state index is 0.296. The first-order valence-electron chi connectivity index (χ1n) is 6.89. The highest BCUT2D eigenvalue weighted by atomic mass is 32.2. The summed E-state index contributed by atoms with van der Waals surface area (Å²) >= 11 is 3.72. The molecular formula is C12H22N4O2S3. The van der Waals surface area contributed by atoms with Gasteiger partial charge in [-0.25, -0.2) is 13.1 Å². The van der Waals surface area contributed by atoms with E-state index in [1.807, 2.05) is 23.5 Å². The van der Waals surface area contributed by atoms with Crippen LogP contribution in [0.3, 0.4) is 0 Å². The number of hydrogen-bond acceptors (Lipinski definition) is 6. The van der Waals surface area contributed by atoms with Gasteiger partial charge in [-0.1, -0.05) is 0 Å². The van der Waals surface area contributed by atoms with Crippen LogP contribution in [-0.4, -0.2) is 53.8 Å². The first-order chi connectivity index (χ1) is 9.95. The maximum absolute atomic E-state index is 12.5. The van der Waals surface area contributed by atoms with E-state index >= 15 is 0 Å². The second-order valence-corrected chi connectivity index (χ2v) is 9.19. The molecule has 6 nitrogen and oxygen atoms in total. The third-order valence-corrected chi connectivity index (χ3v) is 7.83. The highest BCUT2D eigenvalue weighted by Gasteiger charge is 2.25. The SMILES string of the molecule is Cc1nn(CCN)c(C)c1S(=O)(=O)NCC1CSCCS1. The molecule has 0 aromatic carbocycles.